The first-order chi connectivity index (χ1) is 17.9. The summed E-state index contributed by atoms with van der Waals surface area (Å²) >= 11 is 0. The van der Waals surface area contributed by atoms with Gasteiger partial charge in [0.05, 0.1) is 0 Å². The van der Waals surface area contributed by atoms with E-state index in [-0.39, 0.29) is 24.0 Å². The Hall–Kier alpha value is -4.47. The van der Waals surface area contributed by atoms with Crippen molar-refractivity contribution in [1.82, 2.24) is 25.5 Å². The number of furan rings is 1. The van der Waals surface area contributed by atoms with Gasteiger partial charge in [-0.15, -0.1) is 10.2 Å². The van der Waals surface area contributed by atoms with Crippen LogP contribution >= 0.6 is 0 Å². The Balaban J connectivity index is 1.79. The van der Waals surface area contributed by atoms with E-state index in [1.165, 1.54) is 21.8 Å². The highest BCUT2D eigenvalue weighted by atomic mass is 16.3. The second-order valence-electron chi connectivity index (χ2n) is 10.3. The van der Waals surface area contributed by atoms with E-state index in [4.69, 9.17) is 4.42 Å². The van der Waals surface area contributed by atoms with Crippen molar-refractivity contribution in [3.63, 3.8) is 0 Å². The second-order valence-corrected chi connectivity index (χ2v) is 10.3. The summed E-state index contributed by atoms with van der Waals surface area (Å²) in [5.74, 6) is 0.677. The van der Waals surface area contributed by atoms with Gasteiger partial charge < -0.3 is 14.8 Å². The Kier molecular flexibility index (Phi) is 7.34. The number of phenolic OH excluding ortho intramolecular Hbond substituents is 1. The van der Waals surface area contributed by atoms with E-state index in [0.29, 0.717) is 22.8 Å². The lowest BCUT2D eigenvalue weighted by molar-refractivity contribution is -0.128. The maximum absolute atomic E-state index is 14.0. The van der Waals surface area contributed by atoms with Gasteiger partial charge in [0.2, 0.25) is 11.7 Å². The third kappa shape index (κ3) is 5.91. The van der Waals surface area contributed by atoms with Crippen molar-refractivity contribution in [3.05, 3.63) is 77.0 Å². The number of tetrazole rings is 1. The first-order valence-corrected chi connectivity index (χ1v) is 12.3. The van der Waals surface area contributed by atoms with Crippen LogP contribution in [0.5, 0.6) is 5.75 Å². The van der Waals surface area contributed by atoms with Crippen LogP contribution in [0.15, 0.2) is 59.0 Å². The summed E-state index contributed by atoms with van der Waals surface area (Å²) < 4.78 is 5.57. The molecule has 0 aliphatic rings. The molecular weight excluding hydrogens is 484 g/mol. The van der Waals surface area contributed by atoms with Gasteiger partial charge in [0.1, 0.15) is 24.1 Å². The quantitative estimate of drug-likeness (QED) is 0.376. The van der Waals surface area contributed by atoms with Crippen LogP contribution < -0.4 is 10.2 Å². The molecule has 0 aliphatic carbocycles. The normalized spacial score (nSPS) is 12.3. The maximum atomic E-state index is 14.0. The van der Waals surface area contributed by atoms with Crippen LogP contribution in [0.25, 0.3) is 11.6 Å². The fourth-order valence-corrected chi connectivity index (χ4v) is 4.09. The number of aromatic hydroxyl groups is 1. The fourth-order valence-electron chi connectivity index (χ4n) is 4.09. The minimum Gasteiger partial charge on any atom is -0.508 e. The number of amides is 2. The molecule has 2 aromatic heterocycles. The predicted molar refractivity (Wildman–Crippen MR) is 142 cm³/mol. The molecule has 0 fully saturated rings. The first kappa shape index (κ1) is 26.6. The molecule has 198 valence electrons. The number of benzene rings is 2. The molecule has 2 N–H and O–H groups in total. The summed E-state index contributed by atoms with van der Waals surface area (Å²) in [6, 6.07) is 14.4. The van der Waals surface area contributed by atoms with Crippen LogP contribution in [0.1, 0.15) is 49.3 Å². The van der Waals surface area contributed by atoms with E-state index in [1.54, 1.807) is 24.3 Å². The first-order valence-electron chi connectivity index (χ1n) is 12.3. The summed E-state index contributed by atoms with van der Waals surface area (Å²) in [5.41, 5.74) is 2.39. The lowest BCUT2D eigenvalue weighted by atomic mass is 9.98. The topological polar surface area (TPSA) is 126 Å². The van der Waals surface area contributed by atoms with Crippen molar-refractivity contribution in [2.45, 2.75) is 59.7 Å². The van der Waals surface area contributed by atoms with Crippen molar-refractivity contribution < 1.29 is 19.1 Å². The zero-order valence-electron chi connectivity index (χ0n) is 22.4. The molecule has 0 saturated heterocycles. The standard InChI is InChI=1S/C28H32N6O4/c1-17-8-7-9-22(19(17)3)34(24(36)16-33-31-26(30-32-33)23-15-10-18(2)38-23)25(27(37)29-28(4,5)6)20-11-13-21(35)14-12-20/h7-15,25,35H,16H2,1-6H3,(H,29,37). The van der Waals surface area contributed by atoms with Crippen LogP contribution in [-0.4, -0.2) is 42.7 Å². The summed E-state index contributed by atoms with van der Waals surface area (Å²) in [6.07, 6.45) is 0. The monoisotopic (exact) mass is 516 g/mol. The van der Waals surface area contributed by atoms with E-state index < -0.39 is 17.5 Å². The lowest BCUT2D eigenvalue weighted by Gasteiger charge is -2.34. The van der Waals surface area contributed by atoms with Gasteiger partial charge in [0.25, 0.3) is 5.91 Å². The molecule has 4 rings (SSSR count). The Morgan fingerprint density at radius 1 is 1.05 bits per heavy atom. The number of phenols is 1. The van der Waals surface area contributed by atoms with E-state index in [0.717, 1.165) is 11.1 Å². The zero-order chi connectivity index (χ0) is 27.6. The number of rotatable bonds is 7. The molecule has 2 aromatic carbocycles. The highest BCUT2D eigenvalue weighted by Crippen LogP contribution is 2.33. The lowest BCUT2D eigenvalue weighted by Crippen LogP contribution is -2.50. The summed E-state index contributed by atoms with van der Waals surface area (Å²) in [4.78, 5) is 30.4. The number of carbonyl (C=O) groups excluding carboxylic acids is 2. The van der Waals surface area contributed by atoms with E-state index in [9.17, 15) is 14.7 Å². The second kappa shape index (κ2) is 10.5. The van der Waals surface area contributed by atoms with Gasteiger partial charge in [0, 0.05) is 11.2 Å². The molecule has 2 heterocycles. The zero-order valence-corrected chi connectivity index (χ0v) is 22.4. The highest BCUT2D eigenvalue weighted by molar-refractivity contribution is 6.02. The molecule has 2 amide bonds. The highest BCUT2D eigenvalue weighted by Gasteiger charge is 2.35. The molecule has 1 unspecified atom stereocenters. The molecule has 10 heteroatoms. The maximum Gasteiger partial charge on any atom is 0.251 e. The van der Waals surface area contributed by atoms with Crippen molar-refractivity contribution in [2.75, 3.05) is 4.90 Å². The van der Waals surface area contributed by atoms with Crippen molar-refractivity contribution in [3.8, 4) is 17.3 Å². The number of carbonyl (C=O) groups is 2. The van der Waals surface area contributed by atoms with Crippen LogP contribution in [0, 0.1) is 20.8 Å². The van der Waals surface area contributed by atoms with Gasteiger partial charge in [-0.1, -0.05) is 24.3 Å². The molecular formula is C28H32N6O4. The van der Waals surface area contributed by atoms with Crippen molar-refractivity contribution in [1.29, 1.82) is 0 Å². The smallest absolute Gasteiger partial charge is 0.251 e. The van der Waals surface area contributed by atoms with Crippen LogP contribution in [0.3, 0.4) is 0 Å². The van der Waals surface area contributed by atoms with E-state index in [1.807, 2.05) is 59.7 Å². The van der Waals surface area contributed by atoms with Gasteiger partial charge >= 0.3 is 0 Å². The molecule has 38 heavy (non-hydrogen) atoms. The number of nitrogens with one attached hydrogen (secondary N) is 1. The van der Waals surface area contributed by atoms with Crippen LogP contribution in [-0.2, 0) is 16.1 Å². The summed E-state index contributed by atoms with van der Waals surface area (Å²) in [7, 11) is 0. The SMILES string of the molecule is Cc1ccc(-c2nnn(CC(=O)N(c3cccc(C)c3C)C(C(=O)NC(C)(C)C)c3ccc(O)cc3)n2)o1. The third-order valence-electron chi connectivity index (χ3n) is 6.01. The minimum atomic E-state index is -1.03. The van der Waals surface area contributed by atoms with Gasteiger partial charge in [-0.25, -0.2) is 0 Å². The number of hydrogen-bond donors (Lipinski definition) is 2. The fraction of sp³-hybridized carbons (Fsp3) is 0.321. The molecule has 0 aliphatic heterocycles. The molecule has 0 saturated carbocycles. The number of hydrogen-bond acceptors (Lipinski definition) is 7. The Labute approximate surface area is 221 Å². The van der Waals surface area contributed by atoms with E-state index in [2.05, 4.69) is 20.7 Å². The predicted octanol–water partition coefficient (Wildman–Crippen LogP) is 4.25. The van der Waals surface area contributed by atoms with Gasteiger partial charge in [0.15, 0.2) is 5.76 Å². The Morgan fingerprint density at radius 2 is 1.76 bits per heavy atom. The van der Waals surface area contributed by atoms with Gasteiger partial charge in [-0.2, -0.15) is 4.80 Å². The number of aromatic nitrogens is 4. The van der Waals surface area contributed by atoms with Crippen molar-refractivity contribution >= 4 is 17.5 Å². The Bertz CT molecular complexity index is 1450. The molecule has 4 aromatic rings. The largest absolute Gasteiger partial charge is 0.508 e. The number of nitrogens with zero attached hydrogens (tertiary/aromatic N) is 5. The minimum absolute atomic E-state index is 0.0563. The average Bonchev–Trinajstić information content (AvgIpc) is 3.48. The average molecular weight is 517 g/mol. The summed E-state index contributed by atoms with van der Waals surface area (Å²) in [5, 5.41) is 25.3. The molecule has 1 atom stereocenters. The van der Waals surface area contributed by atoms with Gasteiger partial charge in [-0.3, -0.25) is 14.5 Å². The number of aryl methyl sites for hydroxylation is 2. The Morgan fingerprint density at radius 3 is 2.39 bits per heavy atom. The summed E-state index contributed by atoms with van der Waals surface area (Å²) in [6.45, 7) is 11.0. The van der Waals surface area contributed by atoms with Crippen molar-refractivity contribution in [2.24, 2.45) is 0 Å². The van der Waals surface area contributed by atoms with Gasteiger partial charge in [-0.05, 0) is 93.8 Å². The molecule has 0 bridgehead atoms. The van der Waals surface area contributed by atoms with Crippen LogP contribution in [0.2, 0.25) is 0 Å². The molecule has 0 spiro atoms. The third-order valence-corrected chi connectivity index (χ3v) is 6.01. The van der Waals surface area contributed by atoms with E-state index >= 15 is 0 Å². The molecule has 0 radical (unpaired) electrons. The van der Waals surface area contributed by atoms with Crippen LogP contribution in [0.4, 0.5) is 5.69 Å². The molecule has 10 nitrogen and oxygen atoms in total. The number of anilines is 1.